The van der Waals surface area contributed by atoms with Crippen LogP contribution in [0.3, 0.4) is 0 Å². The van der Waals surface area contributed by atoms with Gasteiger partial charge in [0.2, 0.25) is 5.78 Å². The number of thioether (sulfide) groups is 1. The summed E-state index contributed by atoms with van der Waals surface area (Å²) in [7, 11) is 1.59. The monoisotopic (exact) mass is 236 g/mol. The van der Waals surface area contributed by atoms with Gasteiger partial charge in [0.15, 0.2) is 0 Å². The van der Waals surface area contributed by atoms with Gasteiger partial charge in [0, 0.05) is 0 Å². The molecule has 0 aliphatic rings. The van der Waals surface area contributed by atoms with Crippen LogP contribution in [0.5, 0.6) is 5.75 Å². The predicted octanol–water partition coefficient (Wildman–Crippen LogP) is 2.17. The quantitative estimate of drug-likeness (QED) is 0.593. The minimum absolute atomic E-state index is 0.454. The van der Waals surface area contributed by atoms with Crippen molar-refractivity contribution in [2.45, 2.75) is 0 Å². The molecule has 1 aromatic carbocycles. The van der Waals surface area contributed by atoms with Crippen LogP contribution in [0.15, 0.2) is 30.3 Å². The molecule has 0 fully saturated rings. The normalized spacial score (nSPS) is 10.4. The number of carbonyl (C=O) groups is 2. The van der Waals surface area contributed by atoms with Crippen molar-refractivity contribution in [1.29, 1.82) is 0 Å². The summed E-state index contributed by atoms with van der Waals surface area (Å²) < 4.78 is 5.00. The van der Waals surface area contributed by atoms with Gasteiger partial charge in [-0.05, 0) is 30.0 Å². The summed E-state index contributed by atoms with van der Waals surface area (Å²) in [5.41, 5.74) is 0.850. The first kappa shape index (κ1) is 12.5. The fourth-order valence-corrected chi connectivity index (χ4v) is 1.32. The molecule has 0 aromatic heterocycles. The SMILES string of the molecule is COc1ccc(/C=C/C(=O)C(=O)SC)cc1. The topological polar surface area (TPSA) is 43.4 Å². The molecular formula is C12H12O3S. The van der Waals surface area contributed by atoms with Crippen molar-refractivity contribution in [3.8, 4) is 5.75 Å². The van der Waals surface area contributed by atoms with Crippen LogP contribution in [0, 0.1) is 0 Å². The van der Waals surface area contributed by atoms with E-state index in [9.17, 15) is 9.59 Å². The molecule has 0 N–H and O–H groups in total. The molecule has 0 amide bonds. The highest BCUT2D eigenvalue weighted by molar-refractivity contribution is 8.14. The van der Waals surface area contributed by atoms with Crippen LogP contribution in [0.4, 0.5) is 0 Å². The van der Waals surface area contributed by atoms with E-state index in [-0.39, 0.29) is 0 Å². The number of hydrogen-bond donors (Lipinski definition) is 0. The van der Waals surface area contributed by atoms with Crippen molar-refractivity contribution >= 4 is 28.7 Å². The minimum Gasteiger partial charge on any atom is -0.497 e. The summed E-state index contributed by atoms with van der Waals surface area (Å²) in [6, 6.07) is 7.21. The van der Waals surface area contributed by atoms with E-state index in [1.165, 1.54) is 6.08 Å². The number of ether oxygens (including phenoxy) is 1. The van der Waals surface area contributed by atoms with Crippen molar-refractivity contribution in [1.82, 2.24) is 0 Å². The van der Waals surface area contributed by atoms with E-state index in [0.717, 1.165) is 23.1 Å². The smallest absolute Gasteiger partial charge is 0.259 e. The summed E-state index contributed by atoms with van der Waals surface area (Å²) in [5, 5.41) is -0.454. The molecule has 0 radical (unpaired) electrons. The number of methoxy groups -OCH3 is 1. The van der Waals surface area contributed by atoms with Crippen molar-refractivity contribution in [2.24, 2.45) is 0 Å². The molecule has 0 spiro atoms. The van der Waals surface area contributed by atoms with Crippen LogP contribution < -0.4 is 4.74 Å². The van der Waals surface area contributed by atoms with Gasteiger partial charge in [-0.25, -0.2) is 0 Å². The highest BCUT2D eigenvalue weighted by atomic mass is 32.2. The maximum atomic E-state index is 11.2. The van der Waals surface area contributed by atoms with Gasteiger partial charge >= 0.3 is 0 Å². The summed E-state index contributed by atoms with van der Waals surface area (Å²) in [5.74, 6) is 0.256. The van der Waals surface area contributed by atoms with Crippen LogP contribution in [-0.4, -0.2) is 24.3 Å². The molecule has 0 aliphatic carbocycles. The minimum atomic E-state index is -0.497. The Morgan fingerprint density at radius 2 is 1.88 bits per heavy atom. The van der Waals surface area contributed by atoms with Gasteiger partial charge < -0.3 is 4.74 Å². The van der Waals surface area contributed by atoms with E-state index in [0.29, 0.717) is 0 Å². The fraction of sp³-hybridized carbons (Fsp3) is 0.167. The Morgan fingerprint density at radius 1 is 1.25 bits per heavy atom. The summed E-state index contributed by atoms with van der Waals surface area (Å²) in [4.78, 5) is 22.2. The first-order valence-corrected chi connectivity index (χ1v) is 5.84. The van der Waals surface area contributed by atoms with Crippen LogP contribution in [-0.2, 0) is 9.59 Å². The molecule has 0 bridgehead atoms. The molecule has 0 heterocycles. The predicted molar refractivity (Wildman–Crippen MR) is 65.6 cm³/mol. The molecule has 0 atom stereocenters. The molecule has 0 unspecified atom stereocenters. The summed E-state index contributed by atoms with van der Waals surface area (Å²) in [6.07, 6.45) is 4.47. The Kier molecular flexibility index (Phi) is 4.79. The average Bonchev–Trinajstić information content (AvgIpc) is 2.35. The van der Waals surface area contributed by atoms with Crippen LogP contribution in [0.1, 0.15) is 5.56 Å². The van der Waals surface area contributed by atoms with Gasteiger partial charge in [-0.3, -0.25) is 9.59 Å². The highest BCUT2D eigenvalue weighted by Gasteiger charge is 2.06. The Bertz CT molecular complexity index is 407. The van der Waals surface area contributed by atoms with Gasteiger partial charge in [-0.15, -0.1) is 0 Å². The number of hydrogen-bond acceptors (Lipinski definition) is 4. The third-order valence-corrected chi connectivity index (χ3v) is 2.50. The fourth-order valence-electron chi connectivity index (χ4n) is 1.06. The Morgan fingerprint density at radius 3 is 2.38 bits per heavy atom. The molecule has 0 aliphatic heterocycles. The van der Waals surface area contributed by atoms with Gasteiger partial charge in [0.05, 0.1) is 7.11 Å². The van der Waals surface area contributed by atoms with Crippen LogP contribution in [0.2, 0.25) is 0 Å². The Balaban J connectivity index is 2.69. The van der Waals surface area contributed by atoms with Crippen molar-refractivity contribution in [3.63, 3.8) is 0 Å². The second-order valence-corrected chi connectivity index (χ2v) is 3.74. The van der Waals surface area contributed by atoms with Gasteiger partial charge in [0.25, 0.3) is 5.12 Å². The molecule has 3 nitrogen and oxygen atoms in total. The van der Waals surface area contributed by atoms with E-state index in [4.69, 9.17) is 4.74 Å². The summed E-state index contributed by atoms with van der Waals surface area (Å²) >= 11 is 0.914. The Hall–Kier alpha value is -1.55. The molecule has 1 aromatic rings. The Labute approximate surface area is 98.5 Å². The maximum absolute atomic E-state index is 11.2. The third-order valence-electron chi connectivity index (χ3n) is 1.93. The van der Waals surface area contributed by atoms with Gasteiger partial charge in [0.1, 0.15) is 5.75 Å². The third kappa shape index (κ3) is 3.55. The maximum Gasteiger partial charge on any atom is 0.259 e. The van der Waals surface area contributed by atoms with Crippen molar-refractivity contribution in [3.05, 3.63) is 35.9 Å². The number of rotatable bonds is 4. The molecule has 84 valence electrons. The van der Waals surface area contributed by atoms with Crippen LogP contribution in [0.25, 0.3) is 6.08 Å². The van der Waals surface area contributed by atoms with Crippen LogP contribution >= 0.6 is 11.8 Å². The van der Waals surface area contributed by atoms with Gasteiger partial charge in [-0.2, -0.15) is 0 Å². The molecule has 16 heavy (non-hydrogen) atoms. The lowest BCUT2D eigenvalue weighted by molar-refractivity contribution is -0.128. The number of ketones is 1. The van der Waals surface area contributed by atoms with E-state index in [2.05, 4.69) is 0 Å². The largest absolute Gasteiger partial charge is 0.497 e. The van der Waals surface area contributed by atoms with Crippen molar-refractivity contribution < 1.29 is 14.3 Å². The molecule has 1 rings (SSSR count). The van der Waals surface area contributed by atoms with E-state index in [1.54, 1.807) is 31.6 Å². The second-order valence-electron chi connectivity index (χ2n) is 2.96. The standard InChI is InChI=1S/C12H12O3S/c1-15-10-6-3-9(4-7-10)5-8-11(13)12(14)16-2/h3-8H,1-2H3/b8-5+. The number of carbonyl (C=O) groups excluding carboxylic acids is 2. The lowest BCUT2D eigenvalue weighted by atomic mass is 10.2. The zero-order chi connectivity index (χ0) is 12.0. The zero-order valence-electron chi connectivity index (χ0n) is 9.10. The van der Waals surface area contributed by atoms with Crippen molar-refractivity contribution in [2.75, 3.05) is 13.4 Å². The molecule has 0 saturated carbocycles. The average molecular weight is 236 g/mol. The van der Waals surface area contributed by atoms with E-state index < -0.39 is 10.9 Å². The lowest BCUT2D eigenvalue weighted by Crippen LogP contribution is -2.04. The second kappa shape index (κ2) is 6.12. The molecule has 4 heteroatoms. The van der Waals surface area contributed by atoms with E-state index in [1.807, 2.05) is 12.1 Å². The number of allylic oxidation sites excluding steroid dienone is 1. The first-order valence-electron chi connectivity index (χ1n) is 4.62. The van der Waals surface area contributed by atoms with E-state index >= 15 is 0 Å². The first-order chi connectivity index (χ1) is 7.67. The number of benzene rings is 1. The molecule has 0 saturated heterocycles. The molecular weight excluding hydrogens is 224 g/mol. The highest BCUT2D eigenvalue weighted by Crippen LogP contribution is 2.12. The summed E-state index contributed by atoms with van der Waals surface area (Å²) in [6.45, 7) is 0. The lowest BCUT2D eigenvalue weighted by Gasteiger charge is -1.98. The van der Waals surface area contributed by atoms with Gasteiger partial charge in [-0.1, -0.05) is 30.0 Å². The zero-order valence-corrected chi connectivity index (χ0v) is 9.91.